The molecule has 2 heterocycles. The first kappa shape index (κ1) is 17.1. The smallest absolute Gasteiger partial charge is 0.257 e. The van der Waals surface area contributed by atoms with Crippen molar-refractivity contribution in [3.8, 4) is 22.8 Å². The van der Waals surface area contributed by atoms with E-state index in [1.165, 1.54) is 0 Å². The van der Waals surface area contributed by atoms with Crippen LogP contribution in [0.3, 0.4) is 0 Å². The molecule has 0 atom stereocenters. The van der Waals surface area contributed by atoms with E-state index in [0.29, 0.717) is 43.2 Å². The Morgan fingerprint density at radius 1 is 1.07 bits per heavy atom. The molecule has 0 radical (unpaired) electrons. The second-order valence-corrected chi connectivity index (χ2v) is 6.31. The number of amides is 1. The zero-order valence-electron chi connectivity index (χ0n) is 15.0. The summed E-state index contributed by atoms with van der Waals surface area (Å²) in [5.41, 5.74) is 2.96. The number of benzene rings is 2. The molecule has 0 unspecified atom stereocenters. The number of hydrogen-bond acceptors (Lipinski definition) is 5. The molecule has 27 heavy (non-hydrogen) atoms. The SMILES string of the molecule is Cc1onc(-c2ccccc2)c1C(=O)NCCc1ccc2c(c1)OCCO2. The molecular formula is C21H20N2O4. The van der Waals surface area contributed by atoms with Gasteiger partial charge in [0.05, 0.1) is 0 Å². The van der Waals surface area contributed by atoms with Gasteiger partial charge < -0.3 is 19.3 Å². The molecule has 1 aromatic heterocycles. The third kappa shape index (κ3) is 3.65. The average molecular weight is 364 g/mol. The number of nitrogens with zero attached hydrogens (tertiary/aromatic N) is 1. The minimum atomic E-state index is -0.190. The zero-order chi connectivity index (χ0) is 18.6. The minimum absolute atomic E-state index is 0.190. The van der Waals surface area contributed by atoms with Crippen LogP contribution in [-0.4, -0.2) is 30.8 Å². The summed E-state index contributed by atoms with van der Waals surface area (Å²) in [7, 11) is 0. The van der Waals surface area contributed by atoms with Crippen LogP contribution in [0.4, 0.5) is 0 Å². The maximum atomic E-state index is 12.7. The Labute approximate surface area is 157 Å². The summed E-state index contributed by atoms with van der Waals surface area (Å²) in [6, 6.07) is 15.4. The highest BCUT2D eigenvalue weighted by molar-refractivity contribution is 6.00. The van der Waals surface area contributed by atoms with Crippen molar-refractivity contribution in [1.29, 1.82) is 0 Å². The Morgan fingerprint density at radius 3 is 2.67 bits per heavy atom. The number of carbonyl (C=O) groups excluding carboxylic acids is 1. The largest absolute Gasteiger partial charge is 0.486 e. The summed E-state index contributed by atoms with van der Waals surface area (Å²) in [5, 5.41) is 7.01. The van der Waals surface area contributed by atoms with Crippen LogP contribution in [-0.2, 0) is 6.42 Å². The van der Waals surface area contributed by atoms with Crippen LogP contribution < -0.4 is 14.8 Å². The topological polar surface area (TPSA) is 73.6 Å². The number of nitrogens with one attached hydrogen (secondary N) is 1. The van der Waals surface area contributed by atoms with Crippen LogP contribution in [0.25, 0.3) is 11.3 Å². The van der Waals surface area contributed by atoms with E-state index in [1.54, 1.807) is 6.92 Å². The summed E-state index contributed by atoms with van der Waals surface area (Å²) in [6.45, 7) is 3.37. The molecule has 1 N–H and O–H groups in total. The summed E-state index contributed by atoms with van der Waals surface area (Å²) >= 11 is 0. The number of aromatic nitrogens is 1. The van der Waals surface area contributed by atoms with Crippen LogP contribution in [0.2, 0.25) is 0 Å². The summed E-state index contributed by atoms with van der Waals surface area (Å²) in [4.78, 5) is 12.7. The Bertz CT molecular complexity index is 950. The Kier molecular flexibility index (Phi) is 4.78. The van der Waals surface area contributed by atoms with Crippen LogP contribution >= 0.6 is 0 Å². The van der Waals surface area contributed by atoms with Crippen molar-refractivity contribution in [1.82, 2.24) is 10.5 Å². The lowest BCUT2D eigenvalue weighted by molar-refractivity contribution is 0.0953. The standard InChI is InChI=1S/C21H20N2O4/c1-14-19(20(23-27-14)16-5-3-2-4-6-16)21(24)22-10-9-15-7-8-17-18(13-15)26-12-11-25-17/h2-8,13H,9-12H2,1H3,(H,22,24). The molecule has 1 amide bonds. The van der Waals surface area contributed by atoms with Crippen molar-refractivity contribution < 1.29 is 18.8 Å². The third-order valence-corrected chi connectivity index (χ3v) is 4.44. The van der Waals surface area contributed by atoms with Gasteiger partial charge in [-0.3, -0.25) is 4.79 Å². The van der Waals surface area contributed by atoms with Gasteiger partial charge >= 0.3 is 0 Å². The summed E-state index contributed by atoms with van der Waals surface area (Å²) < 4.78 is 16.4. The average Bonchev–Trinajstić information content (AvgIpc) is 3.10. The van der Waals surface area contributed by atoms with E-state index in [0.717, 1.165) is 22.6 Å². The molecule has 6 heteroatoms. The molecule has 0 fully saturated rings. The van der Waals surface area contributed by atoms with Crippen molar-refractivity contribution in [2.24, 2.45) is 0 Å². The van der Waals surface area contributed by atoms with Gasteiger partial charge in [-0.1, -0.05) is 41.6 Å². The van der Waals surface area contributed by atoms with Crippen molar-refractivity contribution >= 4 is 5.91 Å². The lowest BCUT2D eigenvalue weighted by Crippen LogP contribution is -2.26. The molecule has 0 saturated heterocycles. The number of ether oxygens (including phenoxy) is 2. The van der Waals surface area contributed by atoms with E-state index in [-0.39, 0.29) is 5.91 Å². The van der Waals surface area contributed by atoms with Gasteiger partial charge in [0.1, 0.15) is 30.2 Å². The molecule has 2 aromatic carbocycles. The number of aryl methyl sites for hydroxylation is 1. The van der Waals surface area contributed by atoms with Crippen LogP contribution in [0.5, 0.6) is 11.5 Å². The van der Waals surface area contributed by atoms with Crippen LogP contribution in [0.15, 0.2) is 53.1 Å². The van der Waals surface area contributed by atoms with Crippen molar-refractivity contribution in [3.05, 3.63) is 65.4 Å². The molecule has 0 spiro atoms. The number of hydrogen-bond donors (Lipinski definition) is 1. The monoisotopic (exact) mass is 364 g/mol. The fourth-order valence-corrected chi connectivity index (χ4v) is 3.08. The van der Waals surface area contributed by atoms with E-state index in [4.69, 9.17) is 14.0 Å². The minimum Gasteiger partial charge on any atom is -0.486 e. The second kappa shape index (κ2) is 7.53. The van der Waals surface area contributed by atoms with Gasteiger partial charge in [-0.2, -0.15) is 0 Å². The molecule has 6 nitrogen and oxygen atoms in total. The molecule has 0 saturated carbocycles. The fraction of sp³-hybridized carbons (Fsp3) is 0.238. The fourth-order valence-electron chi connectivity index (χ4n) is 3.08. The second-order valence-electron chi connectivity index (χ2n) is 6.31. The first-order valence-electron chi connectivity index (χ1n) is 8.91. The van der Waals surface area contributed by atoms with Gasteiger partial charge in [0.25, 0.3) is 5.91 Å². The Balaban J connectivity index is 1.43. The zero-order valence-corrected chi connectivity index (χ0v) is 15.0. The normalized spacial score (nSPS) is 12.6. The molecule has 138 valence electrons. The van der Waals surface area contributed by atoms with E-state index < -0.39 is 0 Å². The molecule has 0 aliphatic carbocycles. The van der Waals surface area contributed by atoms with E-state index >= 15 is 0 Å². The Morgan fingerprint density at radius 2 is 1.85 bits per heavy atom. The molecule has 1 aliphatic rings. The van der Waals surface area contributed by atoms with Gasteiger partial charge in [-0.05, 0) is 31.0 Å². The van der Waals surface area contributed by atoms with Gasteiger partial charge in [-0.25, -0.2) is 0 Å². The summed E-state index contributed by atoms with van der Waals surface area (Å²) in [6.07, 6.45) is 0.688. The number of fused-ring (bicyclic) bond motifs is 1. The molecule has 4 rings (SSSR count). The van der Waals surface area contributed by atoms with Crippen molar-refractivity contribution in [2.75, 3.05) is 19.8 Å². The first-order valence-corrected chi connectivity index (χ1v) is 8.91. The quantitative estimate of drug-likeness (QED) is 0.751. The maximum absolute atomic E-state index is 12.7. The third-order valence-electron chi connectivity index (χ3n) is 4.44. The first-order chi connectivity index (χ1) is 13.2. The van der Waals surface area contributed by atoms with Crippen molar-refractivity contribution in [2.45, 2.75) is 13.3 Å². The lowest BCUT2D eigenvalue weighted by atomic mass is 10.1. The predicted molar refractivity (Wildman–Crippen MR) is 100 cm³/mol. The lowest BCUT2D eigenvalue weighted by Gasteiger charge is -2.18. The van der Waals surface area contributed by atoms with Gasteiger partial charge in [0, 0.05) is 12.1 Å². The molecule has 3 aromatic rings. The number of carbonyl (C=O) groups is 1. The van der Waals surface area contributed by atoms with E-state index in [2.05, 4.69) is 10.5 Å². The number of rotatable bonds is 5. The molecule has 0 bridgehead atoms. The van der Waals surface area contributed by atoms with Crippen molar-refractivity contribution in [3.63, 3.8) is 0 Å². The Hall–Kier alpha value is -3.28. The van der Waals surface area contributed by atoms with Gasteiger partial charge in [-0.15, -0.1) is 0 Å². The maximum Gasteiger partial charge on any atom is 0.257 e. The van der Waals surface area contributed by atoms with Gasteiger partial charge in [0.15, 0.2) is 11.5 Å². The van der Waals surface area contributed by atoms with Crippen LogP contribution in [0, 0.1) is 6.92 Å². The van der Waals surface area contributed by atoms with Gasteiger partial charge in [0.2, 0.25) is 0 Å². The highest BCUT2D eigenvalue weighted by atomic mass is 16.6. The highest BCUT2D eigenvalue weighted by Gasteiger charge is 2.21. The van der Waals surface area contributed by atoms with Crippen LogP contribution in [0.1, 0.15) is 21.7 Å². The summed E-state index contributed by atoms with van der Waals surface area (Å²) in [5.74, 6) is 1.84. The predicted octanol–water partition coefficient (Wildman–Crippen LogP) is 3.39. The highest BCUT2D eigenvalue weighted by Crippen LogP contribution is 2.31. The molecule has 1 aliphatic heterocycles. The van der Waals surface area contributed by atoms with E-state index in [1.807, 2.05) is 48.5 Å². The van der Waals surface area contributed by atoms with E-state index in [9.17, 15) is 4.79 Å². The molecular weight excluding hydrogens is 344 g/mol.